The zero-order chi connectivity index (χ0) is 23.0. The Morgan fingerprint density at radius 3 is 2.48 bits per heavy atom. The summed E-state index contributed by atoms with van der Waals surface area (Å²) < 4.78 is 11.5. The molecule has 1 aliphatic heterocycles. The summed E-state index contributed by atoms with van der Waals surface area (Å²) in [6.45, 7) is 4.03. The van der Waals surface area contributed by atoms with Crippen LogP contribution >= 0.6 is 0 Å². The smallest absolute Gasteiger partial charge is 0.227 e. The van der Waals surface area contributed by atoms with Crippen LogP contribution in [0.1, 0.15) is 25.3 Å². The number of para-hydroxylation sites is 2. The first-order valence-electron chi connectivity index (χ1n) is 11.1. The molecule has 2 heterocycles. The lowest BCUT2D eigenvalue weighted by molar-refractivity contribution is -0.120. The highest BCUT2D eigenvalue weighted by molar-refractivity contribution is 5.94. The van der Waals surface area contributed by atoms with E-state index in [4.69, 9.17) is 14.7 Å². The summed E-state index contributed by atoms with van der Waals surface area (Å²) in [5.41, 5.74) is 1.19. The van der Waals surface area contributed by atoms with E-state index in [2.05, 4.69) is 21.3 Å². The average molecular weight is 443 g/mol. The second-order valence-electron chi connectivity index (χ2n) is 7.77. The molecule has 168 valence electrons. The lowest BCUT2D eigenvalue weighted by Crippen LogP contribution is -2.38. The van der Waals surface area contributed by atoms with Crippen LogP contribution in [0.3, 0.4) is 0 Å². The first-order valence-corrected chi connectivity index (χ1v) is 11.1. The van der Waals surface area contributed by atoms with Gasteiger partial charge < -0.3 is 19.7 Å². The third-order valence-electron chi connectivity index (χ3n) is 5.57. The van der Waals surface area contributed by atoms with Gasteiger partial charge in [-0.2, -0.15) is 5.26 Å². The lowest BCUT2D eigenvalue weighted by atomic mass is 9.95. The SMILES string of the molecule is CCOc1ccc(Oc2ccccc2NC(=O)C2CCN(c3ccc(C#N)cn3)CC2)cc1. The molecule has 1 amide bonds. The van der Waals surface area contributed by atoms with Crippen molar-refractivity contribution in [1.82, 2.24) is 4.98 Å². The van der Waals surface area contributed by atoms with Gasteiger partial charge in [-0.1, -0.05) is 12.1 Å². The second kappa shape index (κ2) is 10.5. The molecule has 0 unspecified atom stereocenters. The minimum Gasteiger partial charge on any atom is -0.494 e. The fourth-order valence-electron chi connectivity index (χ4n) is 3.80. The summed E-state index contributed by atoms with van der Waals surface area (Å²) in [5, 5.41) is 12.0. The van der Waals surface area contributed by atoms with Crippen LogP contribution in [-0.2, 0) is 4.79 Å². The Morgan fingerprint density at radius 1 is 1.09 bits per heavy atom. The van der Waals surface area contributed by atoms with Crippen molar-refractivity contribution in [2.24, 2.45) is 5.92 Å². The van der Waals surface area contributed by atoms with Gasteiger partial charge in [0, 0.05) is 25.2 Å². The lowest BCUT2D eigenvalue weighted by Gasteiger charge is -2.32. The van der Waals surface area contributed by atoms with Crippen molar-refractivity contribution in [3.05, 3.63) is 72.4 Å². The van der Waals surface area contributed by atoms with E-state index >= 15 is 0 Å². The summed E-state index contributed by atoms with van der Waals surface area (Å²) in [6, 6.07) is 20.5. The van der Waals surface area contributed by atoms with Crippen molar-refractivity contribution in [2.45, 2.75) is 19.8 Å². The molecule has 7 heteroatoms. The van der Waals surface area contributed by atoms with Crippen molar-refractivity contribution < 1.29 is 14.3 Å². The van der Waals surface area contributed by atoms with Crippen molar-refractivity contribution in [1.29, 1.82) is 5.26 Å². The predicted octanol–water partition coefficient (Wildman–Crippen LogP) is 5.00. The molecule has 4 rings (SSSR count). The number of pyridine rings is 1. The van der Waals surface area contributed by atoms with Crippen LogP contribution in [-0.4, -0.2) is 30.6 Å². The number of aromatic nitrogens is 1. The molecule has 33 heavy (non-hydrogen) atoms. The molecular weight excluding hydrogens is 416 g/mol. The first-order chi connectivity index (χ1) is 16.2. The maximum Gasteiger partial charge on any atom is 0.227 e. The second-order valence-corrected chi connectivity index (χ2v) is 7.77. The predicted molar refractivity (Wildman–Crippen MR) is 127 cm³/mol. The zero-order valence-corrected chi connectivity index (χ0v) is 18.5. The van der Waals surface area contributed by atoms with E-state index in [0.29, 0.717) is 29.4 Å². The largest absolute Gasteiger partial charge is 0.494 e. The summed E-state index contributed by atoms with van der Waals surface area (Å²) in [4.78, 5) is 19.5. The van der Waals surface area contributed by atoms with Gasteiger partial charge in [0.2, 0.25) is 5.91 Å². The number of amides is 1. The van der Waals surface area contributed by atoms with E-state index in [1.165, 1.54) is 0 Å². The number of anilines is 2. The molecule has 1 N–H and O–H groups in total. The third kappa shape index (κ3) is 5.60. The quantitative estimate of drug-likeness (QED) is 0.554. The average Bonchev–Trinajstić information content (AvgIpc) is 2.87. The molecule has 7 nitrogen and oxygen atoms in total. The Morgan fingerprint density at radius 2 is 1.82 bits per heavy atom. The highest BCUT2D eigenvalue weighted by atomic mass is 16.5. The molecule has 0 radical (unpaired) electrons. The van der Waals surface area contributed by atoms with E-state index in [9.17, 15) is 4.79 Å². The highest BCUT2D eigenvalue weighted by Crippen LogP contribution is 2.31. The van der Waals surface area contributed by atoms with E-state index in [1.807, 2.05) is 61.5 Å². The Bertz CT molecular complexity index is 1120. The van der Waals surface area contributed by atoms with E-state index in [-0.39, 0.29) is 11.8 Å². The van der Waals surface area contributed by atoms with E-state index < -0.39 is 0 Å². The van der Waals surface area contributed by atoms with E-state index in [1.54, 1.807) is 12.3 Å². The van der Waals surface area contributed by atoms with Crippen LogP contribution < -0.4 is 19.7 Å². The maximum atomic E-state index is 13.0. The minimum absolute atomic E-state index is 0.00909. The van der Waals surface area contributed by atoms with Crippen molar-refractivity contribution in [2.75, 3.05) is 29.9 Å². The molecule has 1 saturated heterocycles. The molecule has 0 spiro atoms. The highest BCUT2D eigenvalue weighted by Gasteiger charge is 2.26. The van der Waals surface area contributed by atoms with Crippen LogP contribution in [0.4, 0.5) is 11.5 Å². The number of carbonyl (C=O) groups is 1. The van der Waals surface area contributed by atoms with Crippen LogP contribution in [0.15, 0.2) is 66.9 Å². The molecule has 1 fully saturated rings. The minimum atomic E-state index is -0.0850. The van der Waals surface area contributed by atoms with E-state index in [0.717, 1.165) is 37.5 Å². The Balaban J connectivity index is 1.35. The number of carbonyl (C=O) groups excluding carboxylic acids is 1. The van der Waals surface area contributed by atoms with Gasteiger partial charge in [-0.15, -0.1) is 0 Å². The van der Waals surface area contributed by atoms with Crippen LogP contribution in [0, 0.1) is 17.2 Å². The summed E-state index contributed by atoms with van der Waals surface area (Å²) in [7, 11) is 0. The number of ether oxygens (including phenoxy) is 2. The third-order valence-corrected chi connectivity index (χ3v) is 5.57. The fraction of sp³-hybridized carbons (Fsp3) is 0.269. The van der Waals surface area contributed by atoms with Gasteiger partial charge in [0.15, 0.2) is 5.75 Å². The zero-order valence-electron chi connectivity index (χ0n) is 18.5. The van der Waals surface area contributed by atoms with Crippen molar-refractivity contribution in [3.8, 4) is 23.3 Å². The number of rotatable bonds is 7. The van der Waals surface area contributed by atoms with Crippen molar-refractivity contribution >= 4 is 17.4 Å². The molecule has 0 saturated carbocycles. The standard InChI is InChI=1S/C26H26N4O3/c1-2-32-21-8-10-22(11-9-21)33-24-6-4-3-5-23(24)29-26(31)20-13-15-30(16-14-20)25-12-7-19(17-27)18-28-25/h3-12,18,20H,2,13-16H2,1H3,(H,29,31). The van der Waals surface area contributed by atoms with Gasteiger partial charge >= 0.3 is 0 Å². The molecule has 1 aliphatic rings. The van der Waals surface area contributed by atoms with Gasteiger partial charge in [0.05, 0.1) is 17.9 Å². The molecule has 0 atom stereocenters. The monoisotopic (exact) mass is 442 g/mol. The number of hydrogen-bond donors (Lipinski definition) is 1. The number of hydrogen-bond acceptors (Lipinski definition) is 6. The van der Waals surface area contributed by atoms with Crippen LogP contribution in [0.25, 0.3) is 0 Å². The molecule has 0 aliphatic carbocycles. The van der Waals surface area contributed by atoms with Gasteiger partial charge in [0.1, 0.15) is 23.4 Å². The molecular formula is C26H26N4O3. The molecule has 2 aromatic carbocycles. The molecule has 0 bridgehead atoms. The van der Waals surface area contributed by atoms with Crippen LogP contribution in [0.2, 0.25) is 0 Å². The molecule has 3 aromatic rings. The number of nitriles is 1. The Labute approximate surface area is 193 Å². The van der Waals surface area contributed by atoms with Gasteiger partial charge in [-0.3, -0.25) is 4.79 Å². The number of benzene rings is 2. The van der Waals surface area contributed by atoms with Gasteiger partial charge in [-0.05, 0) is 68.3 Å². The summed E-state index contributed by atoms with van der Waals surface area (Å²) in [5.74, 6) is 2.79. The van der Waals surface area contributed by atoms with Crippen molar-refractivity contribution in [3.63, 3.8) is 0 Å². The summed E-state index contributed by atoms with van der Waals surface area (Å²) in [6.07, 6.45) is 3.04. The van der Waals surface area contributed by atoms with Crippen LogP contribution in [0.5, 0.6) is 17.2 Å². The normalized spacial score (nSPS) is 13.8. The summed E-state index contributed by atoms with van der Waals surface area (Å²) >= 11 is 0. The first kappa shape index (κ1) is 22.2. The topological polar surface area (TPSA) is 87.5 Å². The van der Waals surface area contributed by atoms with Gasteiger partial charge in [0.25, 0.3) is 0 Å². The Hall–Kier alpha value is -4.05. The number of nitrogens with one attached hydrogen (secondary N) is 1. The number of piperidine rings is 1. The fourth-order valence-corrected chi connectivity index (χ4v) is 3.80. The van der Waals surface area contributed by atoms with Gasteiger partial charge in [-0.25, -0.2) is 4.98 Å². The Kier molecular flexibility index (Phi) is 7.06. The number of nitrogens with zero attached hydrogens (tertiary/aromatic N) is 3. The maximum absolute atomic E-state index is 13.0. The molecule has 1 aromatic heterocycles.